The first kappa shape index (κ1) is 17.0. The van der Waals surface area contributed by atoms with Crippen LogP contribution in [0.3, 0.4) is 0 Å². The van der Waals surface area contributed by atoms with E-state index >= 15 is 0 Å². The van der Waals surface area contributed by atoms with Crippen molar-refractivity contribution in [3.63, 3.8) is 0 Å². The average Bonchev–Trinajstić information content (AvgIpc) is 3.04. The first-order valence-electron chi connectivity index (χ1n) is 8.07. The molecule has 0 aliphatic rings. The van der Waals surface area contributed by atoms with Gasteiger partial charge in [-0.2, -0.15) is 4.52 Å². The van der Waals surface area contributed by atoms with Crippen LogP contribution < -0.4 is 0 Å². The summed E-state index contributed by atoms with van der Waals surface area (Å²) >= 11 is 1.37. The Kier molecular flexibility index (Phi) is 4.37. The Bertz CT molecular complexity index is 1190. The molecule has 2 aromatic carbocycles. The van der Waals surface area contributed by atoms with Gasteiger partial charge in [-0.15, -0.1) is 5.10 Å². The van der Waals surface area contributed by atoms with Crippen molar-refractivity contribution >= 4 is 38.1 Å². The van der Waals surface area contributed by atoms with E-state index in [9.17, 15) is 8.42 Å². The van der Waals surface area contributed by atoms with E-state index in [-0.39, 0.29) is 5.75 Å². The highest BCUT2D eigenvalue weighted by Crippen LogP contribution is 2.24. The molecular formula is C18H16N4O2S2. The average molecular weight is 384 g/mol. The lowest BCUT2D eigenvalue weighted by atomic mass is 10.2. The van der Waals surface area contributed by atoms with Crippen LogP contribution in [0.5, 0.6) is 0 Å². The van der Waals surface area contributed by atoms with Gasteiger partial charge in [0.2, 0.25) is 0 Å². The summed E-state index contributed by atoms with van der Waals surface area (Å²) in [6.07, 6.45) is 0. The van der Waals surface area contributed by atoms with E-state index in [4.69, 9.17) is 0 Å². The van der Waals surface area contributed by atoms with Crippen LogP contribution in [0.2, 0.25) is 0 Å². The molecule has 2 heterocycles. The molecule has 0 N–H and O–H groups in total. The number of fused-ring (bicyclic) bond motifs is 3. The molecule has 0 aliphatic carbocycles. The molecule has 4 rings (SSSR count). The van der Waals surface area contributed by atoms with E-state index < -0.39 is 9.84 Å². The molecule has 0 spiro atoms. The number of rotatable bonds is 5. The van der Waals surface area contributed by atoms with Gasteiger partial charge in [0.05, 0.1) is 16.2 Å². The largest absolute Gasteiger partial charge is 0.224 e. The number of nitrogens with zero attached hydrogens (tertiary/aromatic N) is 4. The fraction of sp³-hybridized carbons (Fsp3) is 0.167. The second-order valence-corrected chi connectivity index (χ2v) is 8.96. The molecule has 8 heteroatoms. The Morgan fingerprint density at radius 3 is 2.54 bits per heavy atom. The van der Waals surface area contributed by atoms with Gasteiger partial charge in [0.1, 0.15) is 5.82 Å². The SMILES string of the molecule is Cc1nc2c3ccccc3nc(SCCS(=O)(=O)c3ccccc3)n2n1. The Morgan fingerprint density at radius 2 is 1.73 bits per heavy atom. The predicted octanol–water partition coefficient (Wildman–Crippen LogP) is 3.15. The van der Waals surface area contributed by atoms with Crippen molar-refractivity contribution in [2.24, 2.45) is 0 Å². The smallest absolute Gasteiger partial charge is 0.191 e. The monoisotopic (exact) mass is 384 g/mol. The minimum atomic E-state index is -3.31. The highest BCUT2D eigenvalue weighted by Gasteiger charge is 2.16. The van der Waals surface area contributed by atoms with Crippen LogP contribution in [-0.2, 0) is 9.84 Å². The van der Waals surface area contributed by atoms with Crippen molar-refractivity contribution in [3.8, 4) is 0 Å². The minimum absolute atomic E-state index is 0.0331. The zero-order chi connectivity index (χ0) is 18.1. The number of aryl methyl sites for hydroxylation is 1. The summed E-state index contributed by atoms with van der Waals surface area (Å²) in [5, 5.41) is 5.98. The molecule has 132 valence electrons. The topological polar surface area (TPSA) is 77.2 Å². The Hall–Kier alpha value is -2.45. The third-order valence-corrected chi connectivity index (χ3v) is 6.86. The van der Waals surface area contributed by atoms with Crippen LogP contribution >= 0.6 is 11.8 Å². The number of aromatic nitrogens is 4. The number of hydrogen-bond donors (Lipinski definition) is 0. The molecule has 0 radical (unpaired) electrons. The second kappa shape index (κ2) is 6.69. The Labute approximate surface area is 155 Å². The number of thioether (sulfide) groups is 1. The molecule has 4 aromatic rings. The lowest BCUT2D eigenvalue weighted by Crippen LogP contribution is -2.09. The molecule has 0 unspecified atom stereocenters. The van der Waals surface area contributed by atoms with Crippen molar-refractivity contribution in [3.05, 3.63) is 60.4 Å². The predicted molar refractivity (Wildman–Crippen MR) is 102 cm³/mol. The second-order valence-electron chi connectivity index (χ2n) is 5.79. The van der Waals surface area contributed by atoms with Crippen LogP contribution in [0.25, 0.3) is 16.6 Å². The molecular weight excluding hydrogens is 368 g/mol. The first-order chi connectivity index (χ1) is 12.5. The third kappa shape index (κ3) is 3.17. The van der Waals surface area contributed by atoms with Crippen LogP contribution in [0, 0.1) is 6.92 Å². The summed E-state index contributed by atoms with van der Waals surface area (Å²) < 4.78 is 26.6. The van der Waals surface area contributed by atoms with Gasteiger partial charge in [0.15, 0.2) is 20.6 Å². The molecule has 0 bridgehead atoms. The van der Waals surface area contributed by atoms with Crippen LogP contribution in [-0.4, -0.2) is 39.5 Å². The molecule has 26 heavy (non-hydrogen) atoms. The highest BCUT2D eigenvalue weighted by molar-refractivity contribution is 8.00. The van der Waals surface area contributed by atoms with Crippen molar-refractivity contribution in [1.29, 1.82) is 0 Å². The lowest BCUT2D eigenvalue weighted by Gasteiger charge is -2.07. The van der Waals surface area contributed by atoms with E-state index in [1.165, 1.54) is 11.8 Å². The van der Waals surface area contributed by atoms with Gasteiger partial charge in [-0.25, -0.2) is 18.4 Å². The van der Waals surface area contributed by atoms with Gasteiger partial charge in [-0.3, -0.25) is 0 Å². The van der Waals surface area contributed by atoms with Crippen LogP contribution in [0.1, 0.15) is 5.82 Å². The third-order valence-electron chi connectivity index (χ3n) is 3.94. The molecule has 0 saturated heterocycles. The van der Waals surface area contributed by atoms with Crippen molar-refractivity contribution in [1.82, 2.24) is 19.6 Å². The van der Waals surface area contributed by atoms with Crippen LogP contribution in [0.15, 0.2) is 64.6 Å². The van der Waals surface area contributed by atoms with E-state index in [1.54, 1.807) is 34.8 Å². The van der Waals surface area contributed by atoms with Crippen molar-refractivity contribution in [2.45, 2.75) is 17.0 Å². The lowest BCUT2D eigenvalue weighted by molar-refractivity contribution is 0.597. The molecule has 0 amide bonds. The molecule has 6 nitrogen and oxygen atoms in total. The van der Waals surface area contributed by atoms with Gasteiger partial charge >= 0.3 is 0 Å². The summed E-state index contributed by atoms with van der Waals surface area (Å²) in [5.41, 5.74) is 1.56. The first-order valence-corrected chi connectivity index (χ1v) is 10.7. The number of benzene rings is 2. The molecule has 2 aromatic heterocycles. The summed E-state index contributed by atoms with van der Waals surface area (Å²) in [6, 6.07) is 16.2. The Morgan fingerprint density at radius 1 is 1.00 bits per heavy atom. The van der Waals surface area contributed by atoms with Crippen LogP contribution in [0.4, 0.5) is 0 Å². The summed E-state index contributed by atoms with van der Waals surface area (Å²) in [6.45, 7) is 1.83. The quantitative estimate of drug-likeness (QED) is 0.389. The van der Waals surface area contributed by atoms with Gasteiger partial charge in [0, 0.05) is 11.1 Å². The summed E-state index contributed by atoms with van der Waals surface area (Å²) in [5.74, 6) is 1.07. The highest BCUT2D eigenvalue weighted by atomic mass is 32.2. The van der Waals surface area contributed by atoms with E-state index in [0.29, 0.717) is 21.6 Å². The van der Waals surface area contributed by atoms with Gasteiger partial charge < -0.3 is 0 Å². The molecule has 0 atom stereocenters. The van der Waals surface area contributed by atoms with Crippen molar-refractivity contribution in [2.75, 3.05) is 11.5 Å². The zero-order valence-electron chi connectivity index (χ0n) is 14.0. The maximum atomic E-state index is 12.4. The molecule has 0 aliphatic heterocycles. The maximum absolute atomic E-state index is 12.4. The van der Waals surface area contributed by atoms with Gasteiger partial charge in [-0.1, -0.05) is 42.1 Å². The number of sulfone groups is 1. The van der Waals surface area contributed by atoms with Crippen molar-refractivity contribution < 1.29 is 8.42 Å². The summed E-state index contributed by atoms with van der Waals surface area (Å²) in [7, 11) is -3.31. The number of para-hydroxylation sites is 1. The fourth-order valence-electron chi connectivity index (χ4n) is 2.72. The van der Waals surface area contributed by atoms with E-state index in [2.05, 4.69) is 15.1 Å². The fourth-order valence-corrected chi connectivity index (χ4v) is 5.33. The maximum Gasteiger partial charge on any atom is 0.191 e. The van der Waals surface area contributed by atoms with E-state index in [0.717, 1.165) is 16.6 Å². The zero-order valence-corrected chi connectivity index (χ0v) is 15.7. The Balaban J connectivity index is 1.63. The summed E-state index contributed by atoms with van der Waals surface area (Å²) in [4.78, 5) is 9.47. The normalized spacial score (nSPS) is 12.0. The van der Waals surface area contributed by atoms with E-state index in [1.807, 2.05) is 31.2 Å². The van der Waals surface area contributed by atoms with Gasteiger partial charge in [0.25, 0.3) is 0 Å². The molecule has 0 saturated carbocycles. The van der Waals surface area contributed by atoms with Gasteiger partial charge in [-0.05, 0) is 31.2 Å². The molecule has 0 fully saturated rings. The standard InChI is InChI=1S/C18H16N4O2S2/c1-13-19-17-15-9-5-6-10-16(15)20-18(22(17)21-13)25-11-12-26(23,24)14-7-3-2-4-8-14/h2-10H,11-12H2,1H3. The minimum Gasteiger partial charge on any atom is -0.224 e. The number of hydrogen-bond acceptors (Lipinski definition) is 6.